The minimum atomic E-state index is 0.249. The smallest absolute Gasteiger partial charge is 0.199 e. The molecular weight excluding hydrogens is 320 g/mol. The van der Waals surface area contributed by atoms with E-state index in [1.807, 2.05) is 6.20 Å². The molecule has 0 amide bonds. The largest absolute Gasteiger partial charge is 0.379 e. The second-order valence-corrected chi connectivity index (χ2v) is 6.42. The van der Waals surface area contributed by atoms with Crippen LogP contribution in [-0.2, 0) is 13.1 Å². The summed E-state index contributed by atoms with van der Waals surface area (Å²) in [4.78, 5) is 13.9. The number of likely N-dealkylation sites (N-methyl/N-ethyl adjacent to an activating group) is 1. The summed E-state index contributed by atoms with van der Waals surface area (Å²) in [6, 6.07) is 0. The standard InChI is InChI=1S/C16H22N8O/c1-3-24-14-11(10-23-6-4-22(2)5-7-23)8-18-9-12(14)19-16(24)13-15(17)21-25-20-13/h8-9H,3-7,10H2,1-2H3,(H2,17,21). The third-order valence-electron chi connectivity index (χ3n) is 4.76. The van der Waals surface area contributed by atoms with Gasteiger partial charge in [0.05, 0.1) is 11.7 Å². The summed E-state index contributed by atoms with van der Waals surface area (Å²) in [6.07, 6.45) is 3.71. The van der Waals surface area contributed by atoms with Gasteiger partial charge in [0.15, 0.2) is 17.3 Å². The molecule has 1 aliphatic rings. The summed E-state index contributed by atoms with van der Waals surface area (Å²) in [6.45, 7) is 7.97. The van der Waals surface area contributed by atoms with Crippen molar-refractivity contribution < 1.29 is 4.63 Å². The molecule has 4 heterocycles. The molecule has 3 aromatic heterocycles. The molecule has 9 heteroatoms. The van der Waals surface area contributed by atoms with Crippen LogP contribution in [-0.4, -0.2) is 67.9 Å². The fourth-order valence-corrected chi connectivity index (χ4v) is 3.36. The van der Waals surface area contributed by atoms with Gasteiger partial charge in [0.2, 0.25) is 0 Å². The predicted octanol–water partition coefficient (Wildman–Crippen LogP) is 0.831. The van der Waals surface area contributed by atoms with E-state index in [0.29, 0.717) is 11.5 Å². The number of anilines is 1. The fourth-order valence-electron chi connectivity index (χ4n) is 3.36. The van der Waals surface area contributed by atoms with Crippen molar-refractivity contribution in [1.82, 2.24) is 34.6 Å². The number of nitrogen functional groups attached to an aromatic ring is 1. The number of pyridine rings is 1. The molecule has 0 aromatic carbocycles. The van der Waals surface area contributed by atoms with E-state index in [9.17, 15) is 0 Å². The maximum atomic E-state index is 5.87. The average molecular weight is 342 g/mol. The Morgan fingerprint density at radius 3 is 2.64 bits per heavy atom. The second kappa shape index (κ2) is 6.41. The first-order valence-corrected chi connectivity index (χ1v) is 8.49. The summed E-state index contributed by atoms with van der Waals surface area (Å²) >= 11 is 0. The number of aromatic nitrogens is 5. The third-order valence-corrected chi connectivity index (χ3v) is 4.76. The van der Waals surface area contributed by atoms with Crippen molar-refractivity contribution in [3.63, 3.8) is 0 Å². The van der Waals surface area contributed by atoms with Crippen LogP contribution in [0.4, 0.5) is 5.82 Å². The maximum Gasteiger partial charge on any atom is 0.199 e. The van der Waals surface area contributed by atoms with Crippen LogP contribution in [0.15, 0.2) is 17.0 Å². The van der Waals surface area contributed by atoms with Crippen LogP contribution in [0.5, 0.6) is 0 Å². The van der Waals surface area contributed by atoms with Crippen molar-refractivity contribution in [2.24, 2.45) is 0 Å². The molecule has 132 valence electrons. The summed E-state index contributed by atoms with van der Waals surface area (Å²) in [5.74, 6) is 0.919. The molecule has 0 atom stereocenters. The molecule has 0 bridgehead atoms. The van der Waals surface area contributed by atoms with E-state index in [1.165, 1.54) is 0 Å². The Bertz CT molecular complexity index is 878. The molecule has 0 unspecified atom stereocenters. The lowest BCUT2D eigenvalue weighted by Gasteiger charge is -2.32. The first-order valence-electron chi connectivity index (χ1n) is 8.49. The van der Waals surface area contributed by atoms with Crippen molar-refractivity contribution >= 4 is 16.9 Å². The van der Waals surface area contributed by atoms with Crippen molar-refractivity contribution in [2.45, 2.75) is 20.0 Å². The second-order valence-electron chi connectivity index (χ2n) is 6.42. The number of piperazine rings is 1. The van der Waals surface area contributed by atoms with Crippen molar-refractivity contribution in [2.75, 3.05) is 39.0 Å². The van der Waals surface area contributed by atoms with Crippen LogP contribution in [0.1, 0.15) is 12.5 Å². The van der Waals surface area contributed by atoms with Gasteiger partial charge in [0, 0.05) is 51.0 Å². The van der Waals surface area contributed by atoms with Crippen LogP contribution < -0.4 is 5.73 Å². The number of hydrogen-bond donors (Lipinski definition) is 1. The van der Waals surface area contributed by atoms with Gasteiger partial charge >= 0.3 is 0 Å². The number of fused-ring (bicyclic) bond motifs is 1. The molecule has 9 nitrogen and oxygen atoms in total. The van der Waals surface area contributed by atoms with Crippen molar-refractivity contribution in [3.05, 3.63) is 18.0 Å². The zero-order valence-electron chi connectivity index (χ0n) is 14.5. The van der Waals surface area contributed by atoms with Crippen molar-refractivity contribution in [1.29, 1.82) is 0 Å². The van der Waals surface area contributed by atoms with E-state index in [2.05, 4.69) is 48.6 Å². The highest BCUT2D eigenvalue weighted by molar-refractivity contribution is 5.83. The summed E-state index contributed by atoms with van der Waals surface area (Å²) in [5.41, 5.74) is 9.43. The SMILES string of the molecule is CCn1c(-c2nonc2N)nc2cncc(CN3CCN(C)CC3)c21. The van der Waals surface area contributed by atoms with Crippen LogP contribution in [0.2, 0.25) is 0 Å². The molecule has 0 saturated carbocycles. The first kappa shape index (κ1) is 16.0. The number of hydrogen-bond acceptors (Lipinski definition) is 8. The molecule has 1 fully saturated rings. The van der Waals surface area contributed by atoms with E-state index < -0.39 is 0 Å². The Hall–Kier alpha value is -2.52. The lowest BCUT2D eigenvalue weighted by Crippen LogP contribution is -2.43. The molecule has 0 radical (unpaired) electrons. The van der Waals surface area contributed by atoms with Gasteiger partial charge in [0.1, 0.15) is 5.52 Å². The van der Waals surface area contributed by atoms with E-state index in [4.69, 9.17) is 10.4 Å². The molecule has 0 aliphatic carbocycles. The summed E-state index contributed by atoms with van der Waals surface area (Å²) in [5, 5.41) is 7.58. The number of nitrogens with two attached hydrogens (primary N) is 1. The van der Waals surface area contributed by atoms with Crippen LogP contribution >= 0.6 is 0 Å². The number of rotatable bonds is 4. The topological polar surface area (TPSA) is 102 Å². The highest BCUT2D eigenvalue weighted by Gasteiger charge is 2.22. The normalized spacial score (nSPS) is 16.7. The summed E-state index contributed by atoms with van der Waals surface area (Å²) < 4.78 is 6.86. The molecule has 2 N–H and O–H groups in total. The Morgan fingerprint density at radius 1 is 1.16 bits per heavy atom. The lowest BCUT2D eigenvalue weighted by atomic mass is 10.2. The minimum absolute atomic E-state index is 0.249. The molecule has 1 saturated heterocycles. The number of nitrogens with zero attached hydrogens (tertiary/aromatic N) is 7. The Kier molecular flexibility index (Phi) is 4.10. The van der Waals surface area contributed by atoms with E-state index >= 15 is 0 Å². The van der Waals surface area contributed by atoms with Crippen molar-refractivity contribution in [3.8, 4) is 11.5 Å². The number of imidazole rings is 1. The van der Waals surface area contributed by atoms with Crippen LogP contribution in [0.3, 0.4) is 0 Å². The third kappa shape index (κ3) is 2.85. The Morgan fingerprint density at radius 2 is 1.96 bits per heavy atom. The van der Waals surface area contributed by atoms with Gasteiger partial charge in [-0.15, -0.1) is 0 Å². The zero-order chi connectivity index (χ0) is 17.4. The van der Waals surface area contributed by atoms with Crippen LogP contribution in [0.25, 0.3) is 22.6 Å². The van der Waals surface area contributed by atoms with E-state index in [-0.39, 0.29) is 5.82 Å². The van der Waals surface area contributed by atoms with Gasteiger partial charge in [0.25, 0.3) is 0 Å². The van der Waals surface area contributed by atoms with Crippen LogP contribution in [0, 0.1) is 0 Å². The summed E-state index contributed by atoms with van der Waals surface area (Å²) in [7, 11) is 2.16. The number of aryl methyl sites for hydroxylation is 1. The van der Waals surface area contributed by atoms with E-state index in [0.717, 1.165) is 55.9 Å². The van der Waals surface area contributed by atoms with Gasteiger partial charge in [-0.1, -0.05) is 0 Å². The molecular formula is C16H22N8O. The molecule has 3 aromatic rings. The van der Waals surface area contributed by atoms with E-state index in [1.54, 1.807) is 6.20 Å². The first-order chi connectivity index (χ1) is 12.2. The zero-order valence-corrected chi connectivity index (χ0v) is 14.5. The highest BCUT2D eigenvalue weighted by atomic mass is 16.6. The van der Waals surface area contributed by atoms with Gasteiger partial charge in [-0.05, 0) is 24.3 Å². The maximum absolute atomic E-state index is 5.87. The quantitative estimate of drug-likeness (QED) is 0.744. The van der Waals surface area contributed by atoms with Gasteiger partial charge in [-0.2, -0.15) is 0 Å². The van der Waals surface area contributed by atoms with Gasteiger partial charge < -0.3 is 15.2 Å². The Labute approximate surface area is 145 Å². The highest BCUT2D eigenvalue weighted by Crippen LogP contribution is 2.28. The average Bonchev–Trinajstić information content (AvgIpc) is 3.20. The monoisotopic (exact) mass is 342 g/mol. The molecule has 4 rings (SSSR count). The van der Waals surface area contributed by atoms with Gasteiger partial charge in [-0.3, -0.25) is 9.88 Å². The molecule has 25 heavy (non-hydrogen) atoms. The Balaban J connectivity index is 1.75. The fraction of sp³-hybridized carbons (Fsp3) is 0.500. The molecule has 0 spiro atoms. The molecule has 1 aliphatic heterocycles. The lowest BCUT2D eigenvalue weighted by molar-refractivity contribution is 0.148. The minimum Gasteiger partial charge on any atom is -0.379 e. The predicted molar refractivity (Wildman–Crippen MR) is 93.7 cm³/mol. The van der Waals surface area contributed by atoms with Gasteiger partial charge in [-0.25, -0.2) is 9.61 Å².